The highest BCUT2D eigenvalue weighted by Crippen LogP contribution is 2.12. The summed E-state index contributed by atoms with van der Waals surface area (Å²) in [7, 11) is 0. The van der Waals surface area contributed by atoms with E-state index >= 15 is 0 Å². The van der Waals surface area contributed by atoms with Gasteiger partial charge in [0.25, 0.3) is 0 Å². The van der Waals surface area contributed by atoms with Gasteiger partial charge in [-0.05, 0) is 25.9 Å². The predicted molar refractivity (Wildman–Crippen MR) is 38.7 cm³/mol. The molecule has 0 aromatic heterocycles. The van der Waals surface area contributed by atoms with Crippen LogP contribution in [0.1, 0.15) is 12.8 Å². The highest BCUT2D eigenvalue weighted by atomic mass is 16.3. The molecule has 0 bridgehead atoms. The average Bonchev–Trinajstić information content (AvgIpc) is 2.13. The molecule has 3 N–H and O–H groups in total. The van der Waals surface area contributed by atoms with Crippen molar-refractivity contribution in [3.05, 3.63) is 0 Å². The number of hydrogen-bond donors (Lipinski definition) is 3. The topological polar surface area (TPSA) is 52.5 Å². The van der Waals surface area contributed by atoms with Gasteiger partial charge in [0.15, 0.2) is 0 Å². The summed E-state index contributed by atoms with van der Waals surface area (Å²) in [5, 5.41) is 21.3. The Morgan fingerprint density at radius 2 is 2.00 bits per heavy atom. The van der Waals surface area contributed by atoms with Crippen LogP contribution >= 0.6 is 0 Å². The Kier molecular flexibility index (Phi) is 3.12. The van der Waals surface area contributed by atoms with E-state index in [-0.39, 0.29) is 18.6 Å². The van der Waals surface area contributed by atoms with Crippen molar-refractivity contribution in [3.8, 4) is 0 Å². The average molecular weight is 145 g/mol. The molecular weight excluding hydrogens is 130 g/mol. The Hall–Kier alpha value is -0.120. The third-order valence-corrected chi connectivity index (χ3v) is 2.09. The molecule has 3 nitrogen and oxygen atoms in total. The van der Waals surface area contributed by atoms with Crippen molar-refractivity contribution in [2.75, 3.05) is 19.7 Å². The molecule has 1 heterocycles. The number of nitrogens with one attached hydrogen (secondary N) is 1. The molecule has 1 fully saturated rings. The van der Waals surface area contributed by atoms with Gasteiger partial charge in [0.2, 0.25) is 0 Å². The standard InChI is InChI=1S/C7H15NO2/c9-5-6-1-3-8-4-2-7(6)10/h6-10H,1-5H2. The van der Waals surface area contributed by atoms with Crippen molar-refractivity contribution >= 4 is 0 Å². The van der Waals surface area contributed by atoms with E-state index in [0.717, 1.165) is 25.9 Å². The molecule has 0 aromatic rings. The molecule has 0 amide bonds. The molecule has 1 rings (SSSR count). The van der Waals surface area contributed by atoms with Crippen molar-refractivity contribution < 1.29 is 10.2 Å². The van der Waals surface area contributed by atoms with Gasteiger partial charge in [-0.1, -0.05) is 0 Å². The van der Waals surface area contributed by atoms with Crippen molar-refractivity contribution in [2.24, 2.45) is 5.92 Å². The lowest BCUT2D eigenvalue weighted by Crippen LogP contribution is -2.23. The van der Waals surface area contributed by atoms with Crippen LogP contribution in [0.15, 0.2) is 0 Å². The second-order valence-electron chi connectivity index (χ2n) is 2.84. The number of hydrogen-bond acceptors (Lipinski definition) is 3. The Morgan fingerprint density at radius 3 is 2.70 bits per heavy atom. The van der Waals surface area contributed by atoms with Gasteiger partial charge in [0.05, 0.1) is 6.10 Å². The lowest BCUT2D eigenvalue weighted by molar-refractivity contribution is 0.0655. The van der Waals surface area contributed by atoms with Crippen molar-refractivity contribution in [2.45, 2.75) is 18.9 Å². The van der Waals surface area contributed by atoms with E-state index in [1.807, 2.05) is 0 Å². The van der Waals surface area contributed by atoms with Crippen LogP contribution in [-0.4, -0.2) is 36.0 Å². The van der Waals surface area contributed by atoms with Crippen molar-refractivity contribution in [3.63, 3.8) is 0 Å². The minimum absolute atomic E-state index is 0.0926. The lowest BCUT2D eigenvalue weighted by Gasteiger charge is -2.15. The van der Waals surface area contributed by atoms with Gasteiger partial charge in [-0.15, -0.1) is 0 Å². The number of rotatable bonds is 1. The fourth-order valence-electron chi connectivity index (χ4n) is 1.30. The van der Waals surface area contributed by atoms with E-state index in [4.69, 9.17) is 5.11 Å². The summed E-state index contributed by atoms with van der Waals surface area (Å²) < 4.78 is 0. The van der Waals surface area contributed by atoms with Gasteiger partial charge >= 0.3 is 0 Å². The molecule has 0 spiro atoms. The van der Waals surface area contributed by atoms with Crippen molar-refractivity contribution in [1.82, 2.24) is 5.32 Å². The monoisotopic (exact) mass is 145 g/mol. The maximum Gasteiger partial charge on any atom is 0.0602 e. The van der Waals surface area contributed by atoms with Crippen LogP contribution in [-0.2, 0) is 0 Å². The maximum absolute atomic E-state index is 9.35. The molecular formula is C7H15NO2. The molecule has 60 valence electrons. The zero-order chi connectivity index (χ0) is 7.40. The van der Waals surface area contributed by atoms with Crippen LogP contribution < -0.4 is 5.32 Å². The smallest absolute Gasteiger partial charge is 0.0602 e. The third-order valence-electron chi connectivity index (χ3n) is 2.09. The quantitative estimate of drug-likeness (QED) is 0.459. The Balaban J connectivity index is 2.35. The predicted octanol–water partition coefficient (Wildman–Crippen LogP) is -0.661. The number of aliphatic hydroxyl groups excluding tert-OH is 2. The molecule has 0 radical (unpaired) electrons. The van der Waals surface area contributed by atoms with Gasteiger partial charge in [0, 0.05) is 12.5 Å². The molecule has 2 atom stereocenters. The molecule has 0 aromatic carbocycles. The van der Waals surface area contributed by atoms with E-state index in [1.165, 1.54) is 0 Å². The lowest BCUT2D eigenvalue weighted by atomic mass is 9.99. The second kappa shape index (κ2) is 3.91. The fourth-order valence-corrected chi connectivity index (χ4v) is 1.30. The maximum atomic E-state index is 9.35. The van der Waals surface area contributed by atoms with Crippen LogP contribution in [0.3, 0.4) is 0 Å². The molecule has 1 aliphatic heterocycles. The van der Waals surface area contributed by atoms with Crippen LogP contribution in [0.2, 0.25) is 0 Å². The van der Waals surface area contributed by atoms with Crippen molar-refractivity contribution in [1.29, 1.82) is 0 Å². The zero-order valence-corrected chi connectivity index (χ0v) is 6.08. The van der Waals surface area contributed by atoms with E-state index in [9.17, 15) is 5.11 Å². The second-order valence-corrected chi connectivity index (χ2v) is 2.84. The first-order chi connectivity index (χ1) is 4.84. The first kappa shape index (κ1) is 7.98. The molecule has 0 aliphatic carbocycles. The van der Waals surface area contributed by atoms with Crippen LogP contribution in [0.5, 0.6) is 0 Å². The largest absolute Gasteiger partial charge is 0.396 e. The molecule has 10 heavy (non-hydrogen) atoms. The minimum Gasteiger partial charge on any atom is -0.396 e. The Morgan fingerprint density at radius 1 is 1.30 bits per heavy atom. The summed E-state index contributed by atoms with van der Waals surface area (Å²) in [6.45, 7) is 1.91. The van der Waals surface area contributed by atoms with Crippen LogP contribution in [0.25, 0.3) is 0 Å². The summed E-state index contributed by atoms with van der Waals surface area (Å²) in [5.41, 5.74) is 0. The van der Waals surface area contributed by atoms with E-state index < -0.39 is 0 Å². The molecule has 1 aliphatic rings. The molecule has 2 unspecified atom stereocenters. The summed E-state index contributed by atoms with van der Waals surface area (Å²) in [6.07, 6.45) is 1.35. The Bertz CT molecular complexity index is 97.6. The summed E-state index contributed by atoms with van der Waals surface area (Å²) in [4.78, 5) is 0. The summed E-state index contributed by atoms with van der Waals surface area (Å²) in [5.74, 6) is 0.0926. The van der Waals surface area contributed by atoms with Gasteiger partial charge in [-0.3, -0.25) is 0 Å². The highest BCUT2D eigenvalue weighted by Gasteiger charge is 2.19. The molecule has 0 saturated carbocycles. The first-order valence-electron chi connectivity index (χ1n) is 3.84. The first-order valence-corrected chi connectivity index (χ1v) is 3.84. The highest BCUT2D eigenvalue weighted by molar-refractivity contribution is 4.73. The SMILES string of the molecule is OCC1CCNCCC1O. The van der Waals surface area contributed by atoms with Gasteiger partial charge < -0.3 is 15.5 Å². The molecule has 1 saturated heterocycles. The van der Waals surface area contributed by atoms with Gasteiger partial charge in [0.1, 0.15) is 0 Å². The normalized spacial score (nSPS) is 35.4. The number of aliphatic hydroxyl groups is 2. The summed E-state index contributed by atoms with van der Waals surface area (Å²) >= 11 is 0. The van der Waals surface area contributed by atoms with E-state index in [2.05, 4.69) is 5.32 Å². The molecule has 3 heteroatoms. The van der Waals surface area contributed by atoms with Gasteiger partial charge in [-0.25, -0.2) is 0 Å². The minimum atomic E-state index is -0.306. The van der Waals surface area contributed by atoms with Crippen LogP contribution in [0, 0.1) is 5.92 Å². The van der Waals surface area contributed by atoms with E-state index in [0.29, 0.717) is 0 Å². The zero-order valence-electron chi connectivity index (χ0n) is 6.08. The van der Waals surface area contributed by atoms with Crippen LogP contribution in [0.4, 0.5) is 0 Å². The summed E-state index contributed by atoms with van der Waals surface area (Å²) in [6, 6.07) is 0. The fraction of sp³-hybridized carbons (Fsp3) is 1.00. The van der Waals surface area contributed by atoms with Gasteiger partial charge in [-0.2, -0.15) is 0 Å². The third kappa shape index (κ3) is 1.94. The Labute approximate surface area is 61.1 Å². The van der Waals surface area contributed by atoms with E-state index in [1.54, 1.807) is 0 Å².